The van der Waals surface area contributed by atoms with Crippen LogP contribution in [0.1, 0.15) is 18.4 Å². The predicted molar refractivity (Wildman–Crippen MR) is 103 cm³/mol. The van der Waals surface area contributed by atoms with Crippen molar-refractivity contribution < 1.29 is 17.9 Å². The number of likely N-dealkylation sites (tertiary alicyclic amines) is 1. The van der Waals surface area contributed by atoms with Crippen LogP contribution >= 0.6 is 0 Å². The van der Waals surface area contributed by atoms with Crippen molar-refractivity contribution in [3.8, 4) is 0 Å². The Hall–Kier alpha value is -1.48. The molecule has 1 aromatic carbocycles. The normalized spacial score (nSPS) is 23.0. The van der Waals surface area contributed by atoms with Crippen molar-refractivity contribution in [3.05, 3.63) is 29.8 Å². The Morgan fingerprint density at radius 2 is 1.81 bits per heavy atom. The molecule has 0 saturated carbocycles. The standard InChI is InChI=1S/C19H29N3O4S/c1-16-4-6-17(7-5-16)27(24,25)22-10-3-9-20(12-13-22)18-8-11-21(19(18)23)14-15-26-2/h4-7,18H,3,8-15H2,1-2H3/t18-/m1/s1. The third-order valence-electron chi connectivity index (χ3n) is 5.42. The molecule has 0 bridgehead atoms. The van der Waals surface area contributed by atoms with E-state index in [0.29, 0.717) is 37.7 Å². The van der Waals surface area contributed by atoms with Crippen LogP contribution in [0.2, 0.25) is 0 Å². The minimum Gasteiger partial charge on any atom is -0.383 e. The van der Waals surface area contributed by atoms with Gasteiger partial charge in [-0.3, -0.25) is 9.69 Å². The van der Waals surface area contributed by atoms with Crippen LogP contribution in [0.3, 0.4) is 0 Å². The van der Waals surface area contributed by atoms with Crippen molar-refractivity contribution in [2.75, 3.05) is 53.0 Å². The first kappa shape index (κ1) is 20.3. The fraction of sp³-hybridized carbons (Fsp3) is 0.632. The number of ether oxygens (including phenoxy) is 1. The lowest BCUT2D eigenvalue weighted by Gasteiger charge is -2.26. The number of rotatable bonds is 6. The van der Waals surface area contributed by atoms with Crippen LogP contribution in [0.4, 0.5) is 0 Å². The molecular formula is C19H29N3O4S. The quantitative estimate of drug-likeness (QED) is 0.717. The lowest BCUT2D eigenvalue weighted by atomic mass is 10.2. The van der Waals surface area contributed by atoms with Gasteiger partial charge in [-0.05, 0) is 31.9 Å². The van der Waals surface area contributed by atoms with Crippen molar-refractivity contribution in [2.24, 2.45) is 0 Å². The Balaban J connectivity index is 1.64. The minimum absolute atomic E-state index is 0.135. The monoisotopic (exact) mass is 395 g/mol. The second-order valence-electron chi connectivity index (χ2n) is 7.23. The van der Waals surface area contributed by atoms with Gasteiger partial charge in [-0.1, -0.05) is 17.7 Å². The maximum absolute atomic E-state index is 12.9. The molecule has 0 N–H and O–H groups in total. The molecule has 1 amide bonds. The summed E-state index contributed by atoms with van der Waals surface area (Å²) < 4.78 is 32.5. The van der Waals surface area contributed by atoms with Gasteiger partial charge in [0, 0.05) is 46.4 Å². The fourth-order valence-corrected chi connectivity index (χ4v) is 5.28. The molecule has 27 heavy (non-hydrogen) atoms. The van der Waals surface area contributed by atoms with Crippen molar-refractivity contribution in [1.29, 1.82) is 0 Å². The molecule has 2 heterocycles. The maximum Gasteiger partial charge on any atom is 0.243 e. The van der Waals surface area contributed by atoms with Gasteiger partial charge in [-0.2, -0.15) is 4.31 Å². The van der Waals surface area contributed by atoms with Gasteiger partial charge in [0.2, 0.25) is 15.9 Å². The molecule has 8 heteroatoms. The largest absolute Gasteiger partial charge is 0.383 e. The number of aryl methyl sites for hydroxylation is 1. The molecule has 2 saturated heterocycles. The summed E-state index contributed by atoms with van der Waals surface area (Å²) in [6.07, 6.45) is 1.53. The van der Waals surface area contributed by atoms with E-state index in [9.17, 15) is 13.2 Å². The summed E-state index contributed by atoms with van der Waals surface area (Å²) in [4.78, 5) is 17.0. The predicted octanol–water partition coefficient (Wildman–Crippen LogP) is 0.939. The summed E-state index contributed by atoms with van der Waals surface area (Å²) in [5.41, 5.74) is 1.04. The number of amides is 1. The number of benzene rings is 1. The molecule has 0 spiro atoms. The molecule has 0 aromatic heterocycles. The average molecular weight is 396 g/mol. The zero-order valence-corrected chi connectivity index (χ0v) is 17.0. The Morgan fingerprint density at radius 3 is 2.52 bits per heavy atom. The van der Waals surface area contributed by atoms with E-state index in [0.717, 1.165) is 31.5 Å². The Labute approximate surface area is 161 Å². The van der Waals surface area contributed by atoms with E-state index in [4.69, 9.17) is 4.74 Å². The number of methoxy groups -OCH3 is 1. The van der Waals surface area contributed by atoms with Crippen molar-refractivity contribution >= 4 is 15.9 Å². The lowest BCUT2D eigenvalue weighted by Crippen LogP contribution is -2.44. The Kier molecular flexibility index (Phi) is 6.52. The summed E-state index contributed by atoms with van der Waals surface area (Å²) in [5.74, 6) is 0.141. The van der Waals surface area contributed by atoms with E-state index in [-0.39, 0.29) is 11.9 Å². The Bertz CT molecular complexity index is 751. The molecule has 1 atom stereocenters. The van der Waals surface area contributed by atoms with Gasteiger partial charge < -0.3 is 9.64 Å². The van der Waals surface area contributed by atoms with Crippen LogP contribution in [0.5, 0.6) is 0 Å². The van der Waals surface area contributed by atoms with Crippen LogP contribution < -0.4 is 0 Å². The van der Waals surface area contributed by atoms with Gasteiger partial charge >= 0.3 is 0 Å². The molecule has 2 aliphatic heterocycles. The zero-order chi connectivity index (χ0) is 19.4. The van der Waals surface area contributed by atoms with Gasteiger partial charge in [0.25, 0.3) is 0 Å². The minimum atomic E-state index is -3.49. The zero-order valence-electron chi connectivity index (χ0n) is 16.1. The molecule has 0 unspecified atom stereocenters. The topological polar surface area (TPSA) is 70.2 Å². The first-order chi connectivity index (χ1) is 12.9. The summed E-state index contributed by atoms with van der Waals surface area (Å²) in [6.45, 7) is 6.07. The number of sulfonamides is 1. The van der Waals surface area contributed by atoms with Gasteiger partial charge in [-0.25, -0.2) is 8.42 Å². The van der Waals surface area contributed by atoms with Crippen LogP contribution in [0.15, 0.2) is 29.2 Å². The highest BCUT2D eigenvalue weighted by Gasteiger charge is 2.37. The van der Waals surface area contributed by atoms with Gasteiger partial charge in [-0.15, -0.1) is 0 Å². The number of nitrogens with zero attached hydrogens (tertiary/aromatic N) is 3. The van der Waals surface area contributed by atoms with E-state index in [1.807, 2.05) is 24.0 Å². The van der Waals surface area contributed by atoms with Gasteiger partial charge in [0.05, 0.1) is 17.5 Å². The number of carbonyl (C=O) groups excluding carboxylic acids is 1. The Morgan fingerprint density at radius 1 is 1.07 bits per heavy atom. The first-order valence-electron chi connectivity index (χ1n) is 9.52. The average Bonchev–Trinajstić information content (AvgIpc) is 2.85. The van der Waals surface area contributed by atoms with Crippen molar-refractivity contribution in [3.63, 3.8) is 0 Å². The van der Waals surface area contributed by atoms with E-state index >= 15 is 0 Å². The summed E-state index contributed by atoms with van der Waals surface area (Å²) in [7, 11) is -1.86. The highest BCUT2D eigenvalue weighted by Crippen LogP contribution is 2.22. The van der Waals surface area contributed by atoms with Crippen molar-refractivity contribution in [1.82, 2.24) is 14.1 Å². The van der Waals surface area contributed by atoms with E-state index in [1.54, 1.807) is 23.5 Å². The lowest BCUT2D eigenvalue weighted by molar-refractivity contribution is -0.132. The fourth-order valence-electron chi connectivity index (χ4n) is 3.81. The molecule has 0 radical (unpaired) electrons. The van der Waals surface area contributed by atoms with Gasteiger partial charge in [0.1, 0.15) is 0 Å². The number of carbonyl (C=O) groups is 1. The molecule has 150 valence electrons. The summed E-state index contributed by atoms with van der Waals surface area (Å²) in [5, 5.41) is 0. The van der Waals surface area contributed by atoms with E-state index < -0.39 is 10.0 Å². The van der Waals surface area contributed by atoms with Crippen LogP contribution in [-0.2, 0) is 19.6 Å². The van der Waals surface area contributed by atoms with Crippen LogP contribution in [0.25, 0.3) is 0 Å². The van der Waals surface area contributed by atoms with Crippen LogP contribution in [-0.4, -0.2) is 87.5 Å². The molecule has 2 fully saturated rings. The van der Waals surface area contributed by atoms with E-state index in [2.05, 4.69) is 4.90 Å². The maximum atomic E-state index is 12.9. The molecule has 1 aromatic rings. The third-order valence-corrected chi connectivity index (χ3v) is 7.34. The number of hydrogen-bond donors (Lipinski definition) is 0. The molecule has 7 nitrogen and oxygen atoms in total. The molecular weight excluding hydrogens is 366 g/mol. The van der Waals surface area contributed by atoms with Crippen molar-refractivity contribution in [2.45, 2.75) is 30.7 Å². The molecule has 2 aliphatic rings. The molecule has 3 rings (SSSR count). The number of hydrogen-bond acceptors (Lipinski definition) is 5. The highest BCUT2D eigenvalue weighted by molar-refractivity contribution is 7.89. The summed E-state index contributed by atoms with van der Waals surface area (Å²) in [6, 6.07) is 6.85. The molecule has 0 aliphatic carbocycles. The summed E-state index contributed by atoms with van der Waals surface area (Å²) >= 11 is 0. The highest BCUT2D eigenvalue weighted by atomic mass is 32.2. The smallest absolute Gasteiger partial charge is 0.243 e. The second-order valence-corrected chi connectivity index (χ2v) is 9.17. The van der Waals surface area contributed by atoms with Gasteiger partial charge in [0.15, 0.2) is 0 Å². The third kappa shape index (κ3) is 4.51. The SMILES string of the molecule is COCCN1CC[C@@H](N2CCCN(S(=O)(=O)c3ccc(C)cc3)CC2)C1=O. The second kappa shape index (κ2) is 8.68. The van der Waals surface area contributed by atoms with Crippen LogP contribution in [0, 0.1) is 6.92 Å². The first-order valence-corrected chi connectivity index (χ1v) is 11.0. The van der Waals surface area contributed by atoms with E-state index in [1.165, 1.54) is 0 Å².